The molecule has 2 saturated carbocycles. The second-order valence-electron chi connectivity index (χ2n) is 10.8. The van der Waals surface area contributed by atoms with Gasteiger partial charge >= 0.3 is 6.36 Å². The van der Waals surface area contributed by atoms with Crippen molar-refractivity contribution >= 4 is 0 Å². The molecule has 0 radical (unpaired) electrons. The molecule has 2 aromatic carbocycles. The number of rotatable bonds is 9. The Bertz CT molecular complexity index is 988. The van der Waals surface area contributed by atoms with Crippen molar-refractivity contribution in [2.24, 2.45) is 17.8 Å². The Hall–Kier alpha value is -2.31. The van der Waals surface area contributed by atoms with Gasteiger partial charge in [-0.3, -0.25) is 0 Å². The largest absolute Gasteiger partial charge is 0.573 e. The SMILES string of the molecule is CCCCCC1CCC(C2CCC(c3c(F)ccc(Oc4ccc(OC(F)(F)F)cc4)c3F)CC2)CC1. The summed E-state index contributed by atoms with van der Waals surface area (Å²) in [6.45, 7) is 2.24. The molecule has 2 aliphatic rings. The Morgan fingerprint density at radius 1 is 0.757 bits per heavy atom. The van der Waals surface area contributed by atoms with E-state index in [2.05, 4.69) is 11.7 Å². The summed E-state index contributed by atoms with van der Waals surface area (Å²) in [5.41, 5.74) is 0.0626. The number of ether oxygens (including phenoxy) is 2. The van der Waals surface area contributed by atoms with Gasteiger partial charge in [-0.1, -0.05) is 45.4 Å². The first-order valence-electron chi connectivity index (χ1n) is 13.7. The highest BCUT2D eigenvalue weighted by Gasteiger charge is 2.34. The lowest BCUT2D eigenvalue weighted by Crippen LogP contribution is -2.26. The minimum absolute atomic E-state index is 0.0626. The normalized spacial score (nSPS) is 24.6. The van der Waals surface area contributed by atoms with Crippen LogP contribution in [0, 0.1) is 29.4 Å². The third-order valence-corrected chi connectivity index (χ3v) is 8.33. The first-order chi connectivity index (χ1) is 17.7. The number of hydrogen-bond donors (Lipinski definition) is 0. The van der Waals surface area contributed by atoms with Crippen molar-refractivity contribution < 1.29 is 31.4 Å². The lowest BCUT2D eigenvalue weighted by molar-refractivity contribution is -0.274. The molecule has 0 unspecified atom stereocenters. The van der Waals surface area contributed by atoms with Gasteiger partial charge in [0.2, 0.25) is 0 Å². The molecule has 37 heavy (non-hydrogen) atoms. The zero-order valence-corrected chi connectivity index (χ0v) is 21.5. The van der Waals surface area contributed by atoms with Gasteiger partial charge in [-0.25, -0.2) is 8.78 Å². The van der Waals surface area contributed by atoms with Gasteiger partial charge in [0.1, 0.15) is 17.3 Å². The van der Waals surface area contributed by atoms with Crippen molar-refractivity contribution in [3.8, 4) is 17.2 Å². The molecule has 0 aliphatic heterocycles. The highest BCUT2D eigenvalue weighted by atomic mass is 19.4. The summed E-state index contributed by atoms with van der Waals surface area (Å²) in [6, 6.07) is 7.12. The molecular weight excluding hydrogens is 487 g/mol. The average molecular weight is 525 g/mol. The van der Waals surface area contributed by atoms with Crippen molar-refractivity contribution in [1.82, 2.24) is 0 Å². The molecule has 2 fully saturated rings. The molecule has 2 aromatic rings. The Labute approximate surface area is 216 Å². The van der Waals surface area contributed by atoms with E-state index in [1.165, 1.54) is 75.6 Å². The molecule has 204 valence electrons. The second kappa shape index (κ2) is 12.5. The second-order valence-corrected chi connectivity index (χ2v) is 10.8. The average Bonchev–Trinajstić information content (AvgIpc) is 2.87. The number of benzene rings is 2. The summed E-state index contributed by atoms with van der Waals surface area (Å²) in [5.74, 6) is 0.340. The molecule has 2 nitrogen and oxygen atoms in total. The van der Waals surface area contributed by atoms with E-state index in [4.69, 9.17) is 4.74 Å². The van der Waals surface area contributed by atoms with E-state index in [9.17, 15) is 17.6 Å². The smallest absolute Gasteiger partial charge is 0.454 e. The fourth-order valence-electron chi connectivity index (χ4n) is 6.35. The maximum atomic E-state index is 15.4. The highest BCUT2D eigenvalue weighted by molar-refractivity contribution is 5.39. The number of halogens is 5. The zero-order chi connectivity index (χ0) is 26.4. The summed E-state index contributed by atoms with van der Waals surface area (Å²) in [4.78, 5) is 0. The Morgan fingerprint density at radius 3 is 1.95 bits per heavy atom. The number of unbranched alkanes of at least 4 members (excludes halogenated alkanes) is 2. The van der Waals surface area contributed by atoms with E-state index in [1.807, 2.05) is 0 Å². The van der Waals surface area contributed by atoms with E-state index in [0.29, 0.717) is 5.92 Å². The zero-order valence-electron chi connectivity index (χ0n) is 21.5. The van der Waals surface area contributed by atoms with Crippen molar-refractivity contribution in [2.75, 3.05) is 0 Å². The fourth-order valence-corrected chi connectivity index (χ4v) is 6.35. The number of alkyl halides is 3. The Morgan fingerprint density at radius 2 is 1.35 bits per heavy atom. The predicted octanol–water partition coefficient (Wildman–Crippen LogP) is 10.3. The van der Waals surface area contributed by atoms with Crippen molar-refractivity contribution in [1.29, 1.82) is 0 Å². The third-order valence-electron chi connectivity index (χ3n) is 8.33. The predicted molar refractivity (Wildman–Crippen MR) is 134 cm³/mol. The van der Waals surface area contributed by atoms with E-state index in [0.717, 1.165) is 49.7 Å². The maximum Gasteiger partial charge on any atom is 0.573 e. The van der Waals surface area contributed by atoms with E-state index >= 15 is 4.39 Å². The van der Waals surface area contributed by atoms with Gasteiger partial charge in [-0.05, 0) is 98.6 Å². The fraction of sp³-hybridized carbons (Fsp3) is 0.600. The van der Waals surface area contributed by atoms with Crippen molar-refractivity contribution in [2.45, 2.75) is 96.3 Å². The summed E-state index contributed by atoms with van der Waals surface area (Å²) >= 11 is 0. The van der Waals surface area contributed by atoms with Crippen LogP contribution < -0.4 is 9.47 Å². The van der Waals surface area contributed by atoms with Crippen LogP contribution in [-0.4, -0.2) is 6.36 Å². The summed E-state index contributed by atoms with van der Waals surface area (Å²) < 4.78 is 76.6. The van der Waals surface area contributed by atoms with E-state index in [1.54, 1.807) is 0 Å². The van der Waals surface area contributed by atoms with Gasteiger partial charge in [0.25, 0.3) is 0 Å². The lowest BCUT2D eigenvalue weighted by Gasteiger charge is -2.38. The maximum absolute atomic E-state index is 15.4. The minimum atomic E-state index is -4.80. The summed E-state index contributed by atoms with van der Waals surface area (Å²) in [5, 5.41) is 0. The van der Waals surface area contributed by atoms with E-state index in [-0.39, 0.29) is 23.0 Å². The van der Waals surface area contributed by atoms with Crippen molar-refractivity contribution in [3.05, 3.63) is 53.6 Å². The molecule has 0 saturated heterocycles. The van der Waals surface area contributed by atoms with Crippen LogP contribution in [0.15, 0.2) is 36.4 Å². The standard InChI is InChI=1S/C30H37F5O2/c1-2-3-4-5-20-6-8-21(9-7-20)22-10-12-23(13-11-22)28-26(31)18-19-27(29(28)32)36-24-14-16-25(17-15-24)37-30(33,34)35/h14-23H,2-13H2,1H3. The number of hydrogen-bond acceptors (Lipinski definition) is 2. The van der Waals surface area contributed by atoms with Crippen LogP contribution in [0.3, 0.4) is 0 Å². The van der Waals surface area contributed by atoms with Gasteiger partial charge in [0.05, 0.1) is 0 Å². The van der Waals surface area contributed by atoms with Crippen LogP contribution in [0.5, 0.6) is 17.2 Å². The first-order valence-corrected chi connectivity index (χ1v) is 13.7. The van der Waals surface area contributed by atoms with Crippen LogP contribution in [0.4, 0.5) is 22.0 Å². The molecule has 0 heterocycles. The van der Waals surface area contributed by atoms with Crippen LogP contribution in [0.2, 0.25) is 0 Å². The molecular formula is C30H37F5O2. The molecule has 7 heteroatoms. The van der Waals surface area contributed by atoms with Gasteiger partial charge in [0.15, 0.2) is 11.6 Å². The molecule has 0 N–H and O–H groups in total. The monoisotopic (exact) mass is 524 g/mol. The Balaban J connectivity index is 1.33. The van der Waals surface area contributed by atoms with Gasteiger partial charge in [0, 0.05) is 5.56 Å². The lowest BCUT2D eigenvalue weighted by atomic mass is 9.68. The molecule has 0 spiro atoms. The third kappa shape index (κ3) is 7.61. The van der Waals surface area contributed by atoms with Gasteiger partial charge in [-0.15, -0.1) is 13.2 Å². The molecule has 0 aromatic heterocycles. The quantitative estimate of drug-likeness (QED) is 0.240. The molecule has 0 amide bonds. The summed E-state index contributed by atoms with van der Waals surface area (Å²) in [7, 11) is 0. The van der Waals surface area contributed by atoms with Crippen molar-refractivity contribution in [3.63, 3.8) is 0 Å². The topological polar surface area (TPSA) is 18.5 Å². The van der Waals surface area contributed by atoms with Gasteiger partial charge in [-0.2, -0.15) is 0 Å². The highest BCUT2D eigenvalue weighted by Crippen LogP contribution is 2.46. The molecule has 2 aliphatic carbocycles. The van der Waals surface area contributed by atoms with E-state index < -0.39 is 23.7 Å². The summed E-state index contributed by atoms with van der Waals surface area (Å²) in [6.07, 6.45) is 9.17. The minimum Gasteiger partial charge on any atom is -0.454 e. The van der Waals surface area contributed by atoms with Crippen LogP contribution in [-0.2, 0) is 0 Å². The molecule has 0 atom stereocenters. The van der Waals surface area contributed by atoms with Crippen LogP contribution in [0.25, 0.3) is 0 Å². The first kappa shape index (κ1) is 27.7. The molecule has 4 rings (SSSR count). The Kier molecular flexibility index (Phi) is 9.36. The molecule has 0 bridgehead atoms. The van der Waals surface area contributed by atoms with Gasteiger partial charge < -0.3 is 9.47 Å². The van der Waals surface area contributed by atoms with Crippen LogP contribution in [0.1, 0.15) is 95.5 Å². The van der Waals surface area contributed by atoms with Crippen LogP contribution >= 0.6 is 0 Å².